The number of rotatable bonds is 7. The van der Waals surface area contributed by atoms with Crippen LogP contribution in [0, 0.1) is 0 Å². The van der Waals surface area contributed by atoms with Gasteiger partial charge in [-0.1, -0.05) is 0 Å². The molecule has 1 aliphatic carbocycles. The first-order valence-electron chi connectivity index (χ1n) is 6.91. The van der Waals surface area contributed by atoms with Crippen molar-refractivity contribution in [3.63, 3.8) is 0 Å². The van der Waals surface area contributed by atoms with Crippen LogP contribution < -0.4 is 10.1 Å². The van der Waals surface area contributed by atoms with Gasteiger partial charge < -0.3 is 14.5 Å². The maximum absolute atomic E-state index is 5.74. The summed E-state index contributed by atoms with van der Waals surface area (Å²) >= 11 is 1.73. The molecule has 0 atom stereocenters. The van der Waals surface area contributed by atoms with Crippen LogP contribution in [0.2, 0.25) is 0 Å². The van der Waals surface area contributed by atoms with Crippen molar-refractivity contribution in [2.45, 2.75) is 36.9 Å². The van der Waals surface area contributed by atoms with E-state index in [0.717, 1.165) is 23.8 Å². The first-order chi connectivity index (χ1) is 9.83. The maximum atomic E-state index is 5.74. The molecule has 1 aromatic heterocycles. The molecule has 1 saturated carbocycles. The summed E-state index contributed by atoms with van der Waals surface area (Å²) in [5, 5.41) is 3.44. The minimum Gasteiger partial charge on any atom is -0.486 e. The first kappa shape index (κ1) is 13.6. The van der Waals surface area contributed by atoms with E-state index < -0.39 is 0 Å². The fourth-order valence-electron chi connectivity index (χ4n) is 1.95. The van der Waals surface area contributed by atoms with Crippen molar-refractivity contribution < 1.29 is 9.15 Å². The summed E-state index contributed by atoms with van der Waals surface area (Å²) in [5.74, 6) is 2.72. The molecule has 2 aromatic rings. The zero-order valence-corrected chi connectivity index (χ0v) is 12.4. The van der Waals surface area contributed by atoms with Crippen LogP contribution in [0.25, 0.3) is 0 Å². The topological polar surface area (TPSA) is 34.4 Å². The number of hydrogen-bond donors (Lipinski definition) is 1. The Kier molecular flexibility index (Phi) is 4.33. The van der Waals surface area contributed by atoms with Gasteiger partial charge in [-0.15, -0.1) is 11.8 Å². The largest absolute Gasteiger partial charge is 0.486 e. The molecule has 1 aliphatic rings. The summed E-state index contributed by atoms with van der Waals surface area (Å²) in [6.07, 6.45) is 4.65. The molecule has 1 heterocycles. The number of furan rings is 1. The summed E-state index contributed by atoms with van der Waals surface area (Å²) in [4.78, 5) is 1.24. The lowest BCUT2D eigenvalue weighted by molar-refractivity contribution is 0.265. The Morgan fingerprint density at radius 3 is 2.60 bits per heavy atom. The van der Waals surface area contributed by atoms with E-state index in [1.54, 1.807) is 11.8 Å². The normalized spacial score (nSPS) is 14.4. The van der Waals surface area contributed by atoms with Crippen molar-refractivity contribution >= 4 is 11.8 Å². The van der Waals surface area contributed by atoms with Gasteiger partial charge in [0.1, 0.15) is 23.9 Å². The van der Waals surface area contributed by atoms with Crippen LogP contribution in [0.5, 0.6) is 5.75 Å². The van der Waals surface area contributed by atoms with Gasteiger partial charge in [0.2, 0.25) is 0 Å². The number of benzene rings is 1. The Morgan fingerprint density at radius 2 is 1.90 bits per heavy atom. The maximum Gasteiger partial charge on any atom is 0.146 e. The van der Waals surface area contributed by atoms with Crippen LogP contribution in [-0.2, 0) is 13.2 Å². The lowest BCUT2D eigenvalue weighted by Crippen LogP contribution is -2.14. The van der Waals surface area contributed by atoms with Gasteiger partial charge in [0.05, 0.1) is 6.54 Å². The van der Waals surface area contributed by atoms with Crippen molar-refractivity contribution in [2.24, 2.45) is 0 Å². The number of hydrogen-bond acceptors (Lipinski definition) is 4. The second kappa shape index (κ2) is 6.37. The molecule has 3 nitrogen and oxygen atoms in total. The first-order valence-corrected chi connectivity index (χ1v) is 8.14. The van der Waals surface area contributed by atoms with E-state index in [0.29, 0.717) is 12.6 Å². The highest BCUT2D eigenvalue weighted by atomic mass is 32.2. The van der Waals surface area contributed by atoms with E-state index in [-0.39, 0.29) is 0 Å². The van der Waals surface area contributed by atoms with Crippen molar-refractivity contribution in [1.29, 1.82) is 0 Å². The van der Waals surface area contributed by atoms with Crippen molar-refractivity contribution in [1.82, 2.24) is 5.32 Å². The second-order valence-electron chi connectivity index (χ2n) is 4.99. The highest BCUT2D eigenvalue weighted by molar-refractivity contribution is 7.98. The van der Waals surface area contributed by atoms with Gasteiger partial charge in [-0.2, -0.15) is 0 Å². The van der Waals surface area contributed by atoms with Crippen molar-refractivity contribution in [3.05, 3.63) is 47.9 Å². The number of nitrogens with one attached hydrogen (secondary N) is 1. The van der Waals surface area contributed by atoms with Crippen LogP contribution in [0.4, 0.5) is 0 Å². The predicted octanol–water partition coefficient (Wildman–Crippen LogP) is 3.83. The minimum absolute atomic E-state index is 0.474. The van der Waals surface area contributed by atoms with Gasteiger partial charge in [0.25, 0.3) is 0 Å². The third-order valence-corrected chi connectivity index (χ3v) is 4.04. The summed E-state index contributed by atoms with van der Waals surface area (Å²) in [6.45, 7) is 1.29. The van der Waals surface area contributed by atoms with Crippen LogP contribution in [0.1, 0.15) is 24.4 Å². The molecule has 0 aliphatic heterocycles. The van der Waals surface area contributed by atoms with E-state index >= 15 is 0 Å². The molecule has 0 radical (unpaired) electrons. The smallest absolute Gasteiger partial charge is 0.146 e. The number of thioether (sulfide) groups is 1. The standard InChI is InChI=1S/C16H19NO2S/c1-20-16-8-6-13(7-9-16)18-11-15-5-4-14(19-15)10-17-12-2-3-12/h4-9,12,17H,2-3,10-11H2,1H3. The highest BCUT2D eigenvalue weighted by Crippen LogP contribution is 2.21. The lowest BCUT2D eigenvalue weighted by atomic mass is 10.3. The quantitative estimate of drug-likeness (QED) is 0.786. The fourth-order valence-corrected chi connectivity index (χ4v) is 2.36. The molecule has 1 fully saturated rings. The molecule has 0 unspecified atom stereocenters. The van der Waals surface area contributed by atoms with Gasteiger partial charge in [-0.05, 0) is 55.5 Å². The molecule has 106 valence electrons. The summed E-state index contributed by atoms with van der Waals surface area (Å²) in [7, 11) is 0. The van der Waals surface area contributed by atoms with Crippen LogP contribution >= 0.6 is 11.8 Å². The van der Waals surface area contributed by atoms with Gasteiger partial charge >= 0.3 is 0 Å². The summed E-state index contributed by atoms with van der Waals surface area (Å²) < 4.78 is 11.5. The molecule has 0 amide bonds. The van der Waals surface area contributed by atoms with E-state index in [1.165, 1.54) is 17.7 Å². The Bertz CT molecular complexity index is 546. The third kappa shape index (κ3) is 3.81. The Labute approximate surface area is 123 Å². The van der Waals surface area contributed by atoms with Crippen LogP contribution in [0.3, 0.4) is 0 Å². The second-order valence-corrected chi connectivity index (χ2v) is 5.87. The zero-order chi connectivity index (χ0) is 13.8. The lowest BCUT2D eigenvalue weighted by Gasteiger charge is -2.05. The van der Waals surface area contributed by atoms with E-state index in [2.05, 4.69) is 23.7 Å². The predicted molar refractivity (Wildman–Crippen MR) is 81.1 cm³/mol. The molecule has 0 spiro atoms. The van der Waals surface area contributed by atoms with Gasteiger partial charge in [-0.3, -0.25) is 0 Å². The van der Waals surface area contributed by atoms with Gasteiger partial charge in [0.15, 0.2) is 0 Å². The molecular formula is C16H19NO2S. The molecule has 1 aromatic carbocycles. The Hall–Kier alpha value is -1.39. The molecule has 0 saturated heterocycles. The van der Waals surface area contributed by atoms with Gasteiger partial charge in [-0.25, -0.2) is 0 Å². The molecule has 0 bridgehead atoms. The van der Waals surface area contributed by atoms with Gasteiger partial charge in [0, 0.05) is 10.9 Å². The highest BCUT2D eigenvalue weighted by Gasteiger charge is 2.20. The summed E-state index contributed by atoms with van der Waals surface area (Å²) in [6, 6.07) is 12.8. The average Bonchev–Trinajstić information content (AvgIpc) is 3.22. The Balaban J connectivity index is 1.49. The van der Waals surface area contributed by atoms with E-state index in [9.17, 15) is 0 Å². The molecule has 3 rings (SSSR count). The molecular weight excluding hydrogens is 270 g/mol. The minimum atomic E-state index is 0.474. The molecule has 4 heteroatoms. The van der Waals surface area contributed by atoms with Crippen LogP contribution in [0.15, 0.2) is 45.7 Å². The zero-order valence-electron chi connectivity index (χ0n) is 11.6. The Morgan fingerprint density at radius 1 is 1.15 bits per heavy atom. The SMILES string of the molecule is CSc1ccc(OCc2ccc(CNC3CC3)o2)cc1. The molecule has 20 heavy (non-hydrogen) atoms. The third-order valence-electron chi connectivity index (χ3n) is 3.30. The fraction of sp³-hybridized carbons (Fsp3) is 0.375. The van der Waals surface area contributed by atoms with E-state index in [4.69, 9.17) is 9.15 Å². The average molecular weight is 289 g/mol. The van der Waals surface area contributed by atoms with Crippen molar-refractivity contribution in [3.8, 4) is 5.75 Å². The summed E-state index contributed by atoms with van der Waals surface area (Å²) in [5.41, 5.74) is 0. The van der Waals surface area contributed by atoms with E-state index in [1.807, 2.05) is 24.3 Å². The monoisotopic (exact) mass is 289 g/mol. The number of ether oxygens (including phenoxy) is 1. The van der Waals surface area contributed by atoms with Crippen molar-refractivity contribution in [2.75, 3.05) is 6.26 Å². The molecule has 1 N–H and O–H groups in total. The van der Waals surface area contributed by atoms with Crippen LogP contribution in [-0.4, -0.2) is 12.3 Å².